The largest absolute Gasteiger partial charge is 0.494 e. The van der Waals surface area contributed by atoms with Crippen LogP contribution in [0.4, 0.5) is 30.8 Å². The Balaban J connectivity index is 1.63. The van der Waals surface area contributed by atoms with Gasteiger partial charge < -0.3 is 45.9 Å². The van der Waals surface area contributed by atoms with Gasteiger partial charge in [0.25, 0.3) is 5.91 Å². The molecular weight excluding hydrogens is 669 g/mol. The van der Waals surface area contributed by atoms with Gasteiger partial charge in [-0.2, -0.15) is 28.1 Å². The fraction of sp³-hybridized carbons (Fsp3) is 0.387. The molecule has 2 aliphatic heterocycles. The zero-order valence-corrected chi connectivity index (χ0v) is 26.8. The maximum absolute atomic E-state index is 13.4. The lowest BCUT2D eigenvalue weighted by Gasteiger charge is -2.19. The monoisotopic (exact) mass is 704 g/mol. The van der Waals surface area contributed by atoms with Crippen LogP contribution in [0.2, 0.25) is 0 Å². The number of carbonyl (C=O) groups is 4. The van der Waals surface area contributed by atoms with Crippen LogP contribution in [0.1, 0.15) is 41.6 Å². The lowest BCUT2D eigenvalue weighted by Crippen LogP contribution is -2.50. The molecule has 50 heavy (non-hydrogen) atoms. The molecule has 0 saturated carbocycles. The molecule has 6 N–H and O–H groups in total. The first-order valence-electron chi connectivity index (χ1n) is 15.3. The molecule has 1 aromatic heterocycles. The Morgan fingerprint density at radius 2 is 1.66 bits per heavy atom. The van der Waals surface area contributed by atoms with Gasteiger partial charge in [-0.3, -0.25) is 14.4 Å². The van der Waals surface area contributed by atoms with E-state index in [1.165, 1.54) is 18.2 Å². The Morgan fingerprint density at radius 3 is 2.34 bits per heavy atom. The van der Waals surface area contributed by atoms with Crippen molar-refractivity contribution in [2.45, 2.75) is 44.4 Å². The number of nitrogens with two attached hydrogens (primary N) is 1. The first kappa shape index (κ1) is 36.9. The van der Waals surface area contributed by atoms with Gasteiger partial charge in [0.15, 0.2) is 6.61 Å². The number of primary amides is 1. The highest BCUT2D eigenvalue weighted by molar-refractivity contribution is 6.34. The van der Waals surface area contributed by atoms with E-state index in [4.69, 9.17) is 24.7 Å². The number of aromatic nitrogens is 3. The second-order valence-electron chi connectivity index (χ2n) is 10.7. The molecule has 0 spiro atoms. The van der Waals surface area contributed by atoms with Crippen LogP contribution in [0.25, 0.3) is 0 Å². The van der Waals surface area contributed by atoms with Gasteiger partial charge in [-0.15, -0.1) is 0 Å². The molecule has 5 rings (SSSR count). The minimum Gasteiger partial charge on any atom is -0.494 e. The van der Waals surface area contributed by atoms with Crippen molar-refractivity contribution in [1.29, 1.82) is 0 Å². The number of amides is 3. The van der Waals surface area contributed by atoms with Gasteiger partial charge in [-0.1, -0.05) is 12.1 Å². The Labute approximate surface area is 283 Å². The number of nitrogens with zero attached hydrogens (tertiary/aromatic N) is 3. The number of hydrogen-bond donors (Lipinski definition) is 5. The molecular formula is C31H35F3N8O8. The van der Waals surface area contributed by atoms with Crippen molar-refractivity contribution in [1.82, 2.24) is 25.6 Å². The van der Waals surface area contributed by atoms with E-state index in [0.29, 0.717) is 18.8 Å². The molecule has 6 bridgehead atoms. The third-order valence-electron chi connectivity index (χ3n) is 6.88. The van der Waals surface area contributed by atoms with E-state index in [-0.39, 0.29) is 42.0 Å². The summed E-state index contributed by atoms with van der Waals surface area (Å²) < 4.78 is 60.1. The van der Waals surface area contributed by atoms with E-state index < -0.39 is 55.1 Å². The highest BCUT2D eigenvalue weighted by Crippen LogP contribution is 2.27. The summed E-state index contributed by atoms with van der Waals surface area (Å²) in [5.74, 6) is -3.70. The molecule has 0 radical (unpaired) electrons. The summed E-state index contributed by atoms with van der Waals surface area (Å²) in [5, 5.41) is 10.4. The fourth-order valence-corrected chi connectivity index (χ4v) is 4.41. The number of methoxy groups -OCH3 is 1. The number of rotatable bonds is 7. The van der Waals surface area contributed by atoms with Crippen molar-refractivity contribution in [2.75, 3.05) is 44.1 Å². The summed E-state index contributed by atoms with van der Waals surface area (Å²) in [7, 11) is 1.07. The van der Waals surface area contributed by atoms with Gasteiger partial charge >= 0.3 is 30.0 Å². The van der Waals surface area contributed by atoms with Crippen molar-refractivity contribution in [3.63, 3.8) is 0 Å². The number of benzene rings is 2. The van der Waals surface area contributed by atoms with E-state index in [2.05, 4.69) is 36.2 Å². The standard InChI is InChI=1S/C31H35F3N8O8/c1-47-27(46)22(16-36-26(45)24(35)43)39-25(44)21-11-8-19-14-23(21)49-13-5-3-2-4-12-48-20-9-6-18(7-10-20)15-37-28-40-29(38-19)42-30(41-28)50-17-31(32,33)34/h6-11,14,22H,2-5,12-13,15-17H2,1H3,(H2,35,43)(H,36,45)(H,39,44)(H2,37,38,40,41,42)/t22-/m0/s1. The number of ether oxygens (including phenoxy) is 4. The zero-order chi connectivity index (χ0) is 36.1. The van der Waals surface area contributed by atoms with E-state index in [1.807, 2.05) is 12.1 Å². The van der Waals surface area contributed by atoms with E-state index in [1.54, 1.807) is 12.1 Å². The highest BCUT2D eigenvalue weighted by atomic mass is 19.4. The molecule has 3 aromatic rings. The van der Waals surface area contributed by atoms with Crippen LogP contribution in [-0.4, -0.2) is 84.3 Å². The second-order valence-corrected chi connectivity index (χ2v) is 10.7. The Kier molecular flexibility index (Phi) is 12.9. The molecule has 3 amide bonds. The van der Waals surface area contributed by atoms with Crippen molar-refractivity contribution in [3.8, 4) is 17.5 Å². The lowest BCUT2D eigenvalue weighted by molar-refractivity contribution is -0.154. The molecule has 1 atom stereocenters. The quantitative estimate of drug-likeness (QED) is 0.177. The number of hydrogen-bond acceptors (Lipinski definition) is 13. The summed E-state index contributed by atoms with van der Waals surface area (Å²) in [6, 6.07) is 9.49. The molecule has 268 valence electrons. The Hall–Kier alpha value is -5.88. The molecule has 0 aliphatic carbocycles. The van der Waals surface area contributed by atoms with Crippen LogP contribution in [0.15, 0.2) is 42.5 Å². The average Bonchev–Trinajstić information content (AvgIpc) is 3.08. The Morgan fingerprint density at radius 1 is 0.960 bits per heavy atom. The van der Waals surface area contributed by atoms with Crippen LogP contribution in [0.5, 0.6) is 17.5 Å². The van der Waals surface area contributed by atoms with Crippen LogP contribution in [0.3, 0.4) is 0 Å². The van der Waals surface area contributed by atoms with Crippen LogP contribution < -0.4 is 41.2 Å². The van der Waals surface area contributed by atoms with Crippen molar-refractivity contribution >= 4 is 41.3 Å². The maximum Gasteiger partial charge on any atom is 0.422 e. The predicted molar refractivity (Wildman–Crippen MR) is 170 cm³/mol. The fourth-order valence-electron chi connectivity index (χ4n) is 4.41. The first-order chi connectivity index (χ1) is 23.9. The van der Waals surface area contributed by atoms with Gasteiger partial charge in [0, 0.05) is 24.8 Å². The van der Waals surface area contributed by atoms with E-state index in [9.17, 15) is 32.3 Å². The van der Waals surface area contributed by atoms with E-state index in [0.717, 1.165) is 31.9 Å². The van der Waals surface area contributed by atoms with Crippen molar-refractivity contribution in [3.05, 3.63) is 53.6 Å². The minimum atomic E-state index is -4.65. The molecule has 16 nitrogen and oxygen atoms in total. The van der Waals surface area contributed by atoms with Crippen molar-refractivity contribution < 1.29 is 51.3 Å². The topological polar surface area (TPSA) is 218 Å². The molecule has 0 saturated heterocycles. The summed E-state index contributed by atoms with van der Waals surface area (Å²) in [4.78, 5) is 60.6. The van der Waals surface area contributed by atoms with Gasteiger partial charge in [0.05, 0.1) is 25.9 Å². The number of carbonyl (C=O) groups excluding carboxylic acids is 4. The van der Waals surface area contributed by atoms with Gasteiger partial charge in [-0.25, -0.2) is 4.79 Å². The SMILES string of the molecule is COC(=O)[C@H](CNC(=O)C(N)=O)NC(=O)c1ccc2cc1OCCCCCCOc1ccc(cc1)CNc1nc(nc(OCC(F)(F)F)n1)N2. The zero-order valence-electron chi connectivity index (χ0n) is 26.8. The number of alkyl halides is 3. The molecule has 0 unspecified atom stereocenters. The molecule has 2 aliphatic rings. The molecule has 19 heteroatoms. The summed E-state index contributed by atoms with van der Waals surface area (Å²) in [6.45, 7) is -1.25. The summed E-state index contributed by atoms with van der Waals surface area (Å²) in [6.07, 6.45) is -1.62. The molecule has 2 aromatic carbocycles. The third kappa shape index (κ3) is 11.7. The van der Waals surface area contributed by atoms with Crippen LogP contribution >= 0.6 is 0 Å². The number of fused-ring (bicyclic) bond motifs is 10. The Bertz CT molecular complexity index is 1660. The number of esters is 1. The lowest BCUT2D eigenvalue weighted by atomic mass is 10.1. The molecule has 3 heterocycles. The highest BCUT2D eigenvalue weighted by Gasteiger charge is 2.29. The average molecular weight is 705 g/mol. The molecule has 0 fully saturated rings. The van der Waals surface area contributed by atoms with Gasteiger partial charge in [-0.05, 0) is 55.5 Å². The summed E-state index contributed by atoms with van der Waals surface area (Å²) in [5.41, 5.74) is 6.01. The van der Waals surface area contributed by atoms with Crippen LogP contribution in [0, 0.1) is 0 Å². The number of nitrogens with one attached hydrogen (secondary N) is 4. The number of halogens is 3. The number of anilines is 3. The van der Waals surface area contributed by atoms with Crippen LogP contribution in [-0.2, 0) is 25.7 Å². The normalized spacial score (nSPS) is 14.2. The smallest absolute Gasteiger partial charge is 0.422 e. The maximum atomic E-state index is 13.4. The second kappa shape index (κ2) is 17.5. The van der Waals surface area contributed by atoms with E-state index >= 15 is 0 Å². The van der Waals surface area contributed by atoms with Crippen molar-refractivity contribution in [2.24, 2.45) is 5.73 Å². The third-order valence-corrected chi connectivity index (χ3v) is 6.88. The first-order valence-corrected chi connectivity index (χ1v) is 15.3. The van der Waals surface area contributed by atoms with Gasteiger partial charge in [0.1, 0.15) is 17.5 Å². The predicted octanol–water partition coefficient (Wildman–Crippen LogP) is 2.37. The van der Waals surface area contributed by atoms with Gasteiger partial charge in [0.2, 0.25) is 11.9 Å². The minimum absolute atomic E-state index is 0.0193. The summed E-state index contributed by atoms with van der Waals surface area (Å²) >= 11 is 0.